The topological polar surface area (TPSA) is 117 Å². The number of benzene rings is 1. The highest BCUT2D eigenvalue weighted by molar-refractivity contribution is 9.10. The average molecular weight is 463 g/mol. The van der Waals surface area contributed by atoms with Gasteiger partial charge >= 0.3 is 5.82 Å². The SMILES string of the molecule is Cc1c(Br)c([N+](=O)[O-])nn1[C@H](C)C(=O)Nc1c(C)n(C)n(-c2ccccc2)c1=O. The predicted molar refractivity (Wildman–Crippen MR) is 110 cm³/mol. The van der Waals surface area contributed by atoms with Crippen LogP contribution in [0.25, 0.3) is 5.69 Å². The second kappa shape index (κ2) is 7.66. The van der Waals surface area contributed by atoms with Gasteiger partial charge in [-0.3, -0.25) is 14.3 Å². The van der Waals surface area contributed by atoms with Gasteiger partial charge in [-0.05, 0) is 53.8 Å². The van der Waals surface area contributed by atoms with E-state index in [0.29, 0.717) is 17.1 Å². The molecule has 0 unspecified atom stereocenters. The van der Waals surface area contributed by atoms with Crippen LogP contribution in [0.5, 0.6) is 0 Å². The van der Waals surface area contributed by atoms with Crippen LogP contribution in [0.1, 0.15) is 24.4 Å². The number of para-hydroxylation sites is 1. The van der Waals surface area contributed by atoms with Gasteiger partial charge in [-0.1, -0.05) is 18.2 Å². The fourth-order valence-corrected chi connectivity index (χ4v) is 3.43. The van der Waals surface area contributed by atoms with Gasteiger partial charge in [0.25, 0.3) is 11.5 Å². The molecule has 11 heteroatoms. The second-order valence-electron chi connectivity index (χ2n) is 6.53. The standard InChI is InChI=1S/C18H19BrN6O4/c1-10-14(19)16(25(28)29)21-23(10)12(3)17(26)20-15-11(2)22(4)24(18(15)27)13-8-6-5-7-9-13/h5-9,12H,1-4H3,(H,20,26)/t12-/m1/s1. The Balaban J connectivity index is 1.95. The molecular formula is C18H19BrN6O4. The van der Waals surface area contributed by atoms with Crippen LogP contribution in [-0.4, -0.2) is 30.0 Å². The Hall–Kier alpha value is -3.21. The van der Waals surface area contributed by atoms with E-state index in [9.17, 15) is 19.7 Å². The number of nitrogens with one attached hydrogen (secondary N) is 1. The van der Waals surface area contributed by atoms with Gasteiger partial charge in [-0.2, -0.15) is 4.68 Å². The van der Waals surface area contributed by atoms with E-state index in [-0.39, 0.29) is 21.5 Å². The van der Waals surface area contributed by atoms with Crippen LogP contribution in [0.15, 0.2) is 39.6 Å². The van der Waals surface area contributed by atoms with Crippen molar-refractivity contribution in [1.29, 1.82) is 0 Å². The number of anilines is 1. The molecule has 10 nitrogen and oxygen atoms in total. The van der Waals surface area contributed by atoms with Crippen LogP contribution in [-0.2, 0) is 11.8 Å². The molecule has 0 spiro atoms. The molecule has 0 saturated carbocycles. The van der Waals surface area contributed by atoms with Crippen molar-refractivity contribution in [3.63, 3.8) is 0 Å². The molecule has 2 heterocycles. The quantitative estimate of drug-likeness (QED) is 0.461. The zero-order chi connectivity index (χ0) is 21.5. The first-order valence-corrected chi connectivity index (χ1v) is 9.48. The van der Waals surface area contributed by atoms with Crippen molar-refractivity contribution in [2.45, 2.75) is 26.8 Å². The fourth-order valence-electron chi connectivity index (χ4n) is 3.03. The van der Waals surface area contributed by atoms with Crippen molar-refractivity contribution in [3.8, 4) is 5.69 Å². The Morgan fingerprint density at radius 3 is 2.41 bits per heavy atom. The minimum Gasteiger partial charge on any atom is -0.358 e. The molecule has 29 heavy (non-hydrogen) atoms. The van der Waals surface area contributed by atoms with E-state index in [2.05, 4.69) is 26.3 Å². The summed E-state index contributed by atoms with van der Waals surface area (Å²) in [6.07, 6.45) is 0. The van der Waals surface area contributed by atoms with Crippen LogP contribution in [0, 0.1) is 24.0 Å². The first kappa shape index (κ1) is 20.5. The Labute approximate surface area is 174 Å². The molecular weight excluding hydrogens is 444 g/mol. The van der Waals surface area contributed by atoms with E-state index in [0.717, 1.165) is 0 Å². The third-order valence-corrected chi connectivity index (χ3v) is 5.71. The minimum atomic E-state index is -0.871. The van der Waals surface area contributed by atoms with Crippen LogP contribution in [0.3, 0.4) is 0 Å². The zero-order valence-corrected chi connectivity index (χ0v) is 17.8. The van der Waals surface area contributed by atoms with Crippen molar-refractivity contribution in [2.75, 3.05) is 5.32 Å². The molecule has 0 aliphatic heterocycles. The maximum absolute atomic E-state index is 12.9. The maximum Gasteiger partial charge on any atom is 0.404 e. The van der Waals surface area contributed by atoms with Crippen LogP contribution < -0.4 is 10.9 Å². The van der Waals surface area contributed by atoms with E-state index in [1.807, 2.05) is 18.2 Å². The van der Waals surface area contributed by atoms with Gasteiger partial charge in [-0.15, -0.1) is 0 Å². The Morgan fingerprint density at radius 1 is 1.24 bits per heavy atom. The number of carbonyl (C=O) groups is 1. The van der Waals surface area contributed by atoms with Crippen molar-refractivity contribution >= 4 is 33.3 Å². The van der Waals surface area contributed by atoms with Crippen LogP contribution in [0.2, 0.25) is 0 Å². The summed E-state index contributed by atoms with van der Waals surface area (Å²) in [5.41, 5.74) is 1.45. The van der Waals surface area contributed by atoms with Crippen LogP contribution >= 0.6 is 15.9 Å². The van der Waals surface area contributed by atoms with Gasteiger partial charge in [0.1, 0.15) is 16.2 Å². The number of hydrogen-bond acceptors (Lipinski definition) is 5. The van der Waals surface area contributed by atoms with Gasteiger partial charge in [0.15, 0.2) is 0 Å². The van der Waals surface area contributed by atoms with Gasteiger partial charge in [0, 0.05) is 7.05 Å². The van der Waals surface area contributed by atoms with Gasteiger partial charge in [-0.25, -0.2) is 4.68 Å². The maximum atomic E-state index is 12.9. The van der Waals surface area contributed by atoms with Crippen molar-refractivity contribution in [1.82, 2.24) is 19.1 Å². The van der Waals surface area contributed by atoms with Crippen molar-refractivity contribution in [2.24, 2.45) is 7.05 Å². The lowest BCUT2D eigenvalue weighted by atomic mass is 10.3. The highest BCUT2D eigenvalue weighted by atomic mass is 79.9. The molecule has 0 fully saturated rings. The lowest BCUT2D eigenvalue weighted by Crippen LogP contribution is -2.28. The van der Waals surface area contributed by atoms with E-state index < -0.39 is 16.9 Å². The number of halogens is 1. The summed E-state index contributed by atoms with van der Waals surface area (Å²) in [4.78, 5) is 36.2. The molecule has 0 aliphatic carbocycles. The lowest BCUT2D eigenvalue weighted by molar-refractivity contribution is -0.390. The largest absolute Gasteiger partial charge is 0.404 e. The molecule has 1 aromatic carbocycles. The fraction of sp³-hybridized carbons (Fsp3) is 0.278. The predicted octanol–water partition coefficient (Wildman–Crippen LogP) is 2.86. The summed E-state index contributed by atoms with van der Waals surface area (Å²) < 4.78 is 4.57. The monoisotopic (exact) mass is 462 g/mol. The average Bonchev–Trinajstić information content (AvgIpc) is 3.10. The number of aromatic nitrogens is 4. The van der Waals surface area contributed by atoms with Gasteiger partial charge in [0.05, 0.1) is 22.2 Å². The molecule has 3 rings (SSSR count). The van der Waals surface area contributed by atoms with Crippen molar-refractivity contribution in [3.05, 3.63) is 66.7 Å². The highest BCUT2D eigenvalue weighted by Gasteiger charge is 2.30. The van der Waals surface area contributed by atoms with E-state index in [4.69, 9.17) is 0 Å². The summed E-state index contributed by atoms with van der Waals surface area (Å²) in [7, 11) is 1.72. The number of carbonyl (C=O) groups excluding carboxylic acids is 1. The summed E-state index contributed by atoms with van der Waals surface area (Å²) >= 11 is 3.13. The number of nitrogens with zero attached hydrogens (tertiary/aromatic N) is 5. The first-order valence-electron chi connectivity index (χ1n) is 8.69. The third kappa shape index (κ3) is 3.48. The molecule has 0 saturated heterocycles. The molecule has 1 N–H and O–H groups in total. The minimum absolute atomic E-state index is 0.145. The van der Waals surface area contributed by atoms with E-state index >= 15 is 0 Å². The Kier molecular flexibility index (Phi) is 5.42. The van der Waals surface area contributed by atoms with Crippen molar-refractivity contribution < 1.29 is 9.72 Å². The number of hydrogen-bond donors (Lipinski definition) is 1. The Bertz CT molecular complexity index is 1160. The molecule has 152 valence electrons. The summed E-state index contributed by atoms with van der Waals surface area (Å²) in [6.45, 7) is 4.89. The van der Waals surface area contributed by atoms with Gasteiger partial charge < -0.3 is 15.4 Å². The highest BCUT2D eigenvalue weighted by Crippen LogP contribution is 2.29. The molecule has 1 atom stereocenters. The first-order chi connectivity index (χ1) is 13.6. The summed E-state index contributed by atoms with van der Waals surface area (Å²) in [5, 5.41) is 17.6. The van der Waals surface area contributed by atoms with E-state index in [1.54, 1.807) is 44.6 Å². The molecule has 3 aromatic rings. The molecule has 0 bridgehead atoms. The number of rotatable bonds is 5. The molecule has 0 aliphatic rings. The van der Waals surface area contributed by atoms with Crippen LogP contribution in [0.4, 0.5) is 11.5 Å². The normalized spacial score (nSPS) is 12.0. The molecule has 2 aromatic heterocycles. The lowest BCUT2D eigenvalue weighted by Gasteiger charge is -2.10. The molecule has 1 amide bonds. The number of amides is 1. The zero-order valence-electron chi connectivity index (χ0n) is 16.2. The molecule has 0 radical (unpaired) electrons. The smallest absolute Gasteiger partial charge is 0.358 e. The number of nitro groups is 1. The Morgan fingerprint density at radius 2 is 1.86 bits per heavy atom. The summed E-state index contributed by atoms with van der Waals surface area (Å²) in [6, 6.07) is 8.19. The van der Waals surface area contributed by atoms with Gasteiger partial charge in [0.2, 0.25) is 0 Å². The third-order valence-electron chi connectivity index (χ3n) is 4.78. The van der Waals surface area contributed by atoms with E-state index in [1.165, 1.54) is 9.36 Å². The second-order valence-corrected chi connectivity index (χ2v) is 7.32. The summed E-state index contributed by atoms with van der Waals surface area (Å²) in [5.74, 6) is -0.881.